The van der Waals surface area contributed by atoms with Crippen LogP contribution in [-0.2, 0) is 0 Å². The van der Waals surface area contributed by atoms with Gasteiger partial charge in [-0.25, -0.2) is 0 Å². The molecular weight excluding hydrogens is 115 g/mol. The van der Waals surface area contributed by atoms with E-state index in [0.717, 1.165) is 5.28 Å². The molecule has 0 aromatic carbocycles. The van der Waals surface area contributed by atoms with Gasteiger partial charge in [-0.3, -0.25) is 0 Å². The van der Waals surface area contributed by atoms with Crippen molar-refractivity contribution < 1.29 is 5.11 Å². The third-order valence-electron chi connectivity index (χ3n) is 1.69. The molecule has 0 bridgehead atoms. The molecule has 0 radical (unpaired) electrons. The van der Waals surface area contributed by atoms with E-state index in [1.165, 1.54) is 10.6 Å². The molecule has 0 aliphatic heterocycles. The standard InChI is InChI=1S/C2H5O.2C2H5.Al/c1-2-3;2*1-2;/h3H,1-2H2;2*1H2,2H3;. The van der Waals surface area contributed by atoms with Gasteiger partial charge in [0.15, 0.2) is 0 Å². The second-order valence-corrected chi connectivity index (χ2v) is 6.14. The molecule has 0 fully saturated rings. The highest BCUT2D eigenvalue weighted by atomic mass is 27.2. The van der Waals surface area contributed by atoms with Crippen molar-refractivity contribution in [1.29, 1.82) is 0 Å². The van der Waals surface area contributed by atoms with Crippen LogP contribution in [0.25, 0.3) is 0 Å². The second kappa shape index (κ2) is 5.63. The van der Waals surface area contributed by atoms with E-state index in [0.29, 0.717) is 6.61 Å². The molecule has 0 amide bonds. The molecule has 48 valence electrons. The number of rotatable bonds is 4. The molecular formula is C6H15AlO. The van der Waals surface area contributed by atoms with Gasteiger partial charge in [-0.15, -0.1) is 0 Å². The fourth-order valence-corrected chi connectivity index (χ4v) is 2.64. The first-order valence-corrected chi connectivity index (χ1v) is 5.90. The third-order valence-corrected chi connectivity index (χ3v) is 5.08. The largest absolute Gasteiger partial charge is 0.398 e. The van der Waals surface area contributed by atoms with Crippen LogP contribution < -0.4 is 0 Å². The highest BCUT2D eigenvalue weighted by molar-refractivity contribution is 6.58. The van der Waals surface area contributed by atoms with Crippen LogP contribution in [0.15, 0.2) is 0 Å². The monoisotopic (exact) mass is 130 g/mol. The van der Waals surface area contributed by atoms with E-state index >= 15 is 0 Å². The molecule has 0 aliphatic carbocycles. The smallest absolute Gasteiger partial charge is 0.264 e. The van der Waals surface area contributed by atoms with E-state index in [2.05, 4.69) is 13.8 Å². The van der Waals surface area contributed by atoms with Crippen molar-refractivity contribution in [3.8, 4) is 0 Å². The molecule has 0 heterocycles. The molecule has 1 N–H and O–H groups in total. The highest BCUT2D eigenvalue weighted by Gasteiger charge is 2.08. The van der Waals surface area contributed by atoms with Gasteiger partial charge in [0, 0.05) is 6.61 Å². The summed E-state index contributed by atoms with van der Waals surface area (Å²) in [5.74, 6) is 0. The number of hydrogen-bond donors (Lipinski definition) is 1. The van der Waals surface area contributed by atoms with Gasteiger partial charge in [-0.2, -0.15) is 0 Å². The van der Waals surface area contributed by atoms with Gasteiger partial charge in [-0.05, 0) is 0 Å². The van der Waals surface area contributed by atoms with Crippen LogP contribution in [0, 0.1) is 0 Å². The average molecular weight is 130 g/mol. The Labute approximate surface area is 56.1 Å². The Morgan fingerprint density at radius 3 is 1.88 bits per heavy atom. The molecule has 0 spiro atoms. The molecule has 0 rings (SSSR count). The summed E-state index contributed by atoms with van der Waals surface area (Å²) in [6, 6.07) is 0. The van der Waals surface area contributed by atoms with Crippen LogP contribution in [0.3, 0.4) is 0 Å². The Morgan fingerprint density at radius 1 is 1.25 bits per heavy atom. The van der Waals surface area contributed by atoms with Gasteiger partial charge in [-0.1, -0.05) is 29.7 Å². The maximum atomic E-state index is 8.53. The molecule has 0 aliphatic rings. The minimum Gasteiger partial charge on any atom is -0.398 e. The Morgan fingerprint density at radius 2 is 1.75 bits per heavy atom. The molecule has 0 saturated heterocycles. The summed E-state index contributed by atoms with van der Waals surface area (Å²) in [7, 11) is 0. The van der Waals surface area contributed by atoms with Crippen molar-refractivity contribution in [2.24, 2.45) is 0 Å². The summed E-state index contributed by atoms with van der Waals surface area (Å²) in [4.78, 5) is 0. The Hall–Kier alpha value is 0.492. The highest BCUT2D eigenvalue weighted by Crippen LogP contribution is 2.02. The van der Waals surface area contributed by atoms with Crippen LogP contribution in [0.1, 0.15) is 13.8 Å². The second-order valence-electron chi connectivity index (χ2n) is 2.19. The van der Waals surface area contributed by atoms with Gasteiger partial charge >= 0.3 is 0 Å². The van der Waals surface area contributed by atoms with Gasteiger partial charge in [0.1, 0.15) is 0 Å². The fourth-order valence-electron chi connectivity index (χ4n) is 0.879. The lowest BCUT2D eigenvalue weighted by Gasteiger charge is -2.00. The zero-order chi connectivity index (χ0) is 6.41. The first kappa shape index (κ1) is 8.49. The van der Waals surface area contributed by atoms with Crippen LogP contribution in [0.4, 0.5) is 0 Å². The maximum absolute atomic E-state index is 8.53. The number of aliphatic hydroxyl groups excluding tert-OH is 1. The van der Waals surface area contributed by atoms with Crippen molar-refractivity contribution in [3.05, 3.63) is 0 Å². The molecule has 1 nitrogen and oxygen atoms in total. The van der Waals surface area contributed by atoms with Gasteiger partial charge < -0.3 is 5.11 Å². The lowest BCUT2D eigenvalue weighted by molar-refractivity contribution is 0.317. The Bertz CT molecular complexity index is 43.8. The normalized spacial score (nSPS) is 9.38. The van der Waals surface area contributed by atoms with Crippen molar-refractivity contribution in [2.75, 3.05) is 6.61 Å². The van der Waals surface area contributed by atoms with Crippen molar-refractivity contribution in [2.45, 2.75) is 29.7 Å². The summed E-state index contributed by atoms with van der Waals surface area (Å²) in [5.41, 5.74) is 0. The first-order valence-electron chi connectivity index (χ1n) is 3.46. The van der Waals surface area contributed by atoms with Gasteiger partial charge in [0.05, 0.1) is 0 Å². The molecule has 0 aromatic rings. The molecule has 8 heavy (non-hydrogen) atoms. The quantitative estimate of drug-likeness (QED) is 0.572. The van der Waals surface area contributed by atoms with E-state index in [1.807, 2.05) is 0 Å². The van der Waals surface area contributed by atoms with Crippen LogP contribution in [0.2, 0.25) is 15.8 Å². The average Bonchev–Trinajstić information content (AvgIpc) is 1.83. The van der Waals surface area contributed by atoms with E-state index in [9.17, 15) is 0 Å². The summed E-state index contributed by atoms with van der Waals surface area (Å²) >= 11 is -0.442. The van der Waals surface area contributed by atoms with Crippen molar-refractivity contribution >= 4 is 14.1 Å². The van der Waals surface area contributed by atoms with Crippen molar-refractivity contribution in [3.63, 3.8) is 0 Å². The fraction of sp³-hybridized carbons (Fsp3) is 1.00. The SMILES string of the molecule is C[CH2][Al]([CH2]C)[CH2]CO. The van der Waals surface area contributed by atoms with Gasteiger partial charge in [0.2, 0.25) is 0 Å². The lowest BCUT2D eigenvalue weighted by Crippen LogP contribution is -2.09. The van der Waals surface area contributed by atoms with Crippen LogP contribution in [-0.4, -0.2) is 25.9 Å². The third kappa shape index (κ3) is 3.49. The summed E-state index contributed by atoms with van der Waals surface area (Å²) in [6.45, 7) is 4.88. The first-order chi connectivity index (χ1) is 3.85. The summed E-state index contributed by atoms with van der Waals surface area (Å²) < 4.78 is 0. The van der Waals surface area contributed by atoms with Crippen LogP contribution >= 0.6 is 0 Å². The van der Waals surface area contributed by atoms with E-state index < -0.39 is 14.1 Å². The number of aliphatic hydroxyl groups is 1. The van der Waals surface area contributed by atoms with Crippen molar-refractivity contribution in [1.82, 2.24) is 0 Å². The predicted octanol–water partition coefficient (Wildman–Crippen LogP) is 1.51. The van der Waals surface area contributed by atoms with Crippen LogP contribution in [0.5, 0.6) is 0 Å². The molecule has 0 aromatic heterocycles. The van der Waals surface area contributed by atoms with Gasteiger partial charge in [0.25, 0.3) is 14.1 Å². The van der Waals surface area contributed by atoms with E-state index in [1.54, 1.807) is 0 Å². The predicted molar refractivity (Wildman–Crippen MR) is 38.6 cm³/mol. The van der Waals surface area contributed by atoms with E-state index in [4.69, 9.17) is 5.11 Å². The summed E-state index contributed by atoms with van der Waals surface area (Å²) in [5, 5.41) is 12.3. The minimum absolute atomic E-state index is 0.415. The Kier molecular flexibility index (Phi) is 5.97. The zero-order valence-corrected chi connectivity index (χ0v) is 7.01. The minimum atomic E-state index is -0.442. The molecule has 0 unspecified atom stereocenters. The summed E-state index contributed by atoms with van der Waals surface area (Å²) in [6.07, 6.45) is 0. The molecule has 0 saturated carbocycles. The maximum Gasteiger partial charge on any atom is 0.264 e. The number of hydrogen-bond acceptors (Lipinski definition) is 1. The van der Waals surface area contributed by atoms with E-state index in [-0.39, 0.29) is 0 Å². The lowest BCUT2D eigenvalue weighted by atomic mass is 10.9. The Balaban J connectivity index is 3.07. The molecule has 0 atom stereocenters. The molecule has 2 heteroatoms. The zero-order valence-electron chi connectivity index (χ0n) is 5.85. The topological polar surface area (TPSA) is 20.2 Å².